The van der Waals surface area contributed by atoms with E-state index in [1.54, 1.807) is 12.1 Å². The molecule has 0 aliphatic rings. The Morgan fingerprint density at radius 1 is 1.60 bits per heavy atom. The highest BCUT2D eigenvalue weighted by molar-refractivity contribution is 5.74. The van der Waals surface area contributed by atoms with Gasteiger partial charge >= 0.3 is 0 Å². The first-order chi connectivity index (χ1) is 7.00. The lowest BCUT2D eigenvalue weighted by Gasteiger charge is -2.15. The molecule has 0 radical (unpaired) electrons. The Hall–Kier alpha value is -1.46. The molecule has 0 aliphatic heterocycles. The summed E-state index contributed by atoms with van der Waals surface area (Å²) in [5, 5.41) is 19.1. The van der Waals surface area contributed by atoms with Gasteiger partial charge in [0.05, 0.1) is 18.2 Å². The molecule has 0 spiro atoms. The van der Waals surface area contributed by atoms with Crippen LogP contribution < -0.4 is 5.73 Å². The molecule has 0 fully saturated rings. The normalized spacial score (nSPS) is 14.6. The fourth-order valence-corrected chi connectivity index (χ4v) is 1.24. The Kier molecular flexibility index (Phi) is 3.76. The van der Waals surface area contributed by atoms with E-state index in [1.807, 2.05) is 6.92 Å². The molecule has 5 heteroatoms. The van der Waals surface area contributed by atoms with Crippen molar-refractivity contribution in [3.05, 3.63) is 29.6 Å². The molecule has 15 heavy (non-hydrogen) atoms. The van der Waals surface area contributed by atoms with Crippen molar-refractivity contribution in [1.29, 1.82) is 0 Å². The molecule has 5 nitrogen and oxygen atoms in total. The Morgan fingerprint density at radius 2 is 2.27 bits per heavy atom. The summed E-state index contributed by atoms with van der Waals surface area (Å²) >= 11 is 0. The maximum Gasteiger partial charge on any atom is 0.220 e. The van der Waals surface area contributed by atoms with E-state index in [-0.39, 0.29) is 6.42 Å². The van der Waals surface area contributed by atoms with Crippen LogP contribution in [0.3, 0.4) is 0 Å². The summed E-state index contributed by atoms with van der Waals surface area (Å²) in [4.78, 5) is 14.4. The first kappa shape index (κ1) is 11.6. The Bertz CT molecular complexity index is 354. The van der Waals surface area contributed by atoms with Gasteiger partial charge in [-0.15, -0.1) is 0 Å². The second-order valence-corrected chi connectivity index (χ2v) is 3.44. The fourth-order valence-electron chi connectivity index (χ4n) is 1.24. The van der Waals surface area contributed by atoms with Crippen molar-refractivity contribution in [2.75, 3.05) is 0 Å². The molecule has 4 N–H and O–H groups in total. The second-order valence-electron chi connectivity index (χ2n) is 3.44. The van der Waals surface area contributed by atoms with Crippen molar-refractivity contribution >= 4 is 5.91 Å². The smallest absolute Gasteiger partial charge is 0.220 e. The van der Waals surface area contributed by atoms with Crippen LogP contribution in [0.1, 0.15) is 23.8 Å². The number of carbonyl (C=O) groups is 1. The molecular weight excluding hydrogens is 196 g/mol. The average molecular weight is 210 g/mol. The molecule has 1 rings (SSSR count). The van der Waals surface area contributed by atoms with Gasteiger partial charge in [0.1, 0.15) is 6.10 Å². The third-order valence-electron chi connectivity index (χ3n) is 2.01. The third-order valence-corrected chi connectivity index (χ3v) is 2.01. The van der Waals surface area contributed by atoms with Crippen molar-refractivity contribution in [2.24, 2.45) is 5.73 Å². The maximum absolute atomic E-state index is 10.5. The number of nitrogens with zero attached hydrogens (tertiary/aromatic N) is 1. The average Bonchev–Trinajstić information content (AvgIpc) is 2.15. The van der Waals surface area contributed by atoms with E-state index < -0.39 is 18.1 Å². The predicted octanol–water partition coefficient (Wildman–Crippen LogP) is -0.340. The van der Waals surface area contributed by atoms with Crippen LogP contribution in [0.15, 0.2) is 18.3 Å². The van der Waals surface area contributed by atoms with Crippen LogP contribution in [0.2, 0.25) is 0 Å². The molecule has 1 amide bonds. The van der Waals surface area contributed by atoms with Gasteiger partial charge in [0.2, 0.25) is 5.91 Å². The van der Waals surface area contributed by atoms with Gasteiger partial charge in [-0.05, 0) is 24.6 Å². The van der Waals surface area contributed by atoms with Crippen molar-refractivity contribution in [1.82, 2.24) is 4.98 Å². The largest absolute Gasteiger partial charge is 0.389 e. The highest BCUT2D eigenvalue weighted by Gasteiger charge is 2.21. The van der Waals surface area contributed by atoms with E-state index in [9.17, 15) is 15.0 Å². The number of carbonyl (C=O) groups excluding carboxylic acids is 1. The number of pyridine rings is 1. The summed E-state index contributed by atoms with van der Waals surface area (Å²) in [5.41, 5.74) is 6.17. The van der Waals surface area contributed by atoms with E-state index in [2.05, 4.69) is 4.98 Å². The number of aliphatic hydroxyl groups excluding tert-OH is 2. The lowest BCUT2D eigenvalue weighted by Crippen LogP contribution is -2.26. The van der Waals surface area contributed by atoms with Crippen LogP contribution in [-0.2, 0) is 4.79 Å². The van der Waals surface area contributed by atoms with Gasteiger partial charge in [0.15, 0.2) is 0 Å². The molecule has 0 aliphatic carbocycles. The second kappa shape index (κ2) is 4.86. The standard InChI is InChI=1S/C10H14N2O3/c1-6-2-3-12-7(4-6)10(15)8(13)5-9(11)14/h2-4,8,10,13,15H,5H2,1H3,(H2,11,14). The number of primary amides is 1. The van der Waals surface area contributed by atoms with Gasteiger partial charge in [0, 0.05) is 6.20 Å². The molecule has 2 unspecified atom stereocenters. The van der Waals surface area contributed by atoms with Crippen LogP contribution in [0.25, 0.3) is 0 Å². The molecule has 1 heterocycles. The number of nitrogens with two attached hydrogens (primary N) is 1. The lowest BCUT2D eigenvalue weighted by atomic mass is 10.1. The van der Waals surface area contributed by atoms with E-state index in [1.165, 1.54) is 6.20 Å². The number of hydrogen-bond acceptors (Lipinski definition) is 4. The highest BCUT2D eigenvalue weighted by atomic mass is 16.3. The van der Waals surface area contributed by atoms with Gasteiger partial charge in [-0.3, -0.25) is 9.78 Å². The minimum absolute atomic E-state index is 0.281. The zero-order chi connectivity index (χ0) is 11.4. The number of rotatable bonds is 4. The summed E-state index contributed by atoms with van der Waals surface area (Å²) in [6.45, 7) is 1.85. The number of amides is 1. The summed E-state index contributed by atoms with van der Waals surface area (Å²) < 4.78 is 0. The summed E-state index contributed by atoms with van der Waals surface area (Å²) in [6, 6.07) is 3.42. The van der Waals surface area contributed by atoms with Crippen LogP contribution in [0.5, 0.6) is 0 Å². The number of hydrogen-bond donors (Lipinski definition) is 3. The molecule has 1 aromatic rings. The van der Waals surface area contributed by atoms with Gasteiger partial charge in [-0.1, -0.05) is 0 Å². The lowest BCUT2D eigenvalue weighted by molar-refractivity contribution is -0.121. The Labute approximate surface area is 87.6 Å². The molecule has 0 saturated carbocycles. The van der Waals surface area contributed by atoms with Crippen molar-refractivity contribution < 1.29 is 15.0 Å². The Balaban J connectivity index is 2.75. The van der Waals surface area contributed by atoms with Crippen molar-refractivity contribution in [3.8, 4) is 0 Å². The number of aromatic nitrogens is 1. The van der Waals surface area contributed by atoms with Crippen molar-refractivity contribution in [3.63, 3.8) is 0 Å². The zero-order valence-electron chi connectivity index (χ0n) is 8.42. The van der Waals surface area contributed by atoms with Gasteiger partial charge in [0.25, 0.3) is 0 Å². The van der Waals surface area contributed by atoms with Crippen molar-refractivity contribution in [2.45, 2.75) is 25.6 Å². The minimum Gasteiger partial charge on any atom is -0.389 e. The van der Waals surface area contributed by atoms with Gasteiger partial charge in [-0.25, -0.2) is 0 Å². The SMILES string of the molecule is Cc1ccnc(C(O)C(O)CC(N)=O)c1. The molecule has 0 aromatic carbocycles. The predicted molar refractivity (Wildman–Crippen MR) is 53.8 cm³/mol. The van der Waals surface area contributed by atoms with Crippen LogP contribution in [0, 0.1) is 6.92 Å². The van der Waals surface area contributed by atoms with Crippen LogP contribution >= 0.6 is 0 Å². The van der Waals surface area contributed by atoms with E-state index >= 15 is 0 Å². The molecular formula is C10H14N2O3. The molecule has 82 valence electrons. The van der Waals surface area contributed by atoms with Gasteiger partial charge < -0.3 is 15.9 Å². The summed E-state index contributed by atoms with van der Waals surface area (Å²) in [6.07, 6.45) is -1.14. The maximum atomic E-state index is 10.5. The van der Waals surface area contributed by atoms with E-state index in [4.69, 9.17) is 5.73 Å². The fraction of sp³-hybridized carbons (Fsp3) is 0.400. The first-order valence-corrected chi connectivity index (χ1v) is 4.57. The first-order valence-electron chi connectivity index (χ1n) is 4.57. The quantitative estimate of drug-likeness (QED) is 0.633. The number of aryl methyl sites for hydroxylation is 1. The molecule has 0 saturated heterocycles. The number of aliphatic hydroxyl groups is 2. The molecule has 1 aromatic heterocycles. The summed E-state index contributed by atoms with van der Waals surface area (Å²) in [5.74, 6) is -0.658. The third kappa shape index (κ3) is 3.30. The zero-order valence-corrected chi connectivity index (χ0v) is 8.42. The topological polar surface area (TPSA) is 96.4 Å². The van der Waals surface area contributed by atoms with Gasteiger partial charge in [-0.2, -0.15) is 0 Å². The van der Waals surface area contributed by atoms with Crippen LogP contribution in [-0.4, -0.2) is 27.2 Å². The minimum atomic E-state index is -1.21. The van der Waals surface area contributed by atoms with E-state index in [0.717, 1.165) is 5.56 Å². The monoisotopic (exact) mass is 210 g/mol. The summed E-state index contributed by atoms with van der Waals surface area (Å²) in [7, 11) is 0. The molecule has 2 atom stereocenters. The molecule has 0 bridgehead atoms. The van der Waals surface area contributed by atoms with E-state index in [0.29, 0.717) is 5.69 Å². The Morgan fingerprint density at radius 3 is 2.80 bits per heavy atom. The van der Waals surface area contributed by atoms with Crippen LogP contribution in [0.4, 0.5) is 0 Å². The highest BCUT2D eigenvalue weighted by Crippen LogP contribution is 2.17.